The van der Waals surface area contributed by atoms with Crippen LogP contribution in [0, 0.1) is 13.8 Å². The smallest absolute Gasteiger partial charge is 0.264 e. The molecule has 3 aromatic rings. The summed E-state index contributed by atoms with van der Waals surface area (Å²) in [5.74, 6) is 0.425. The lowest BCUT2D eigenvalue weighted by Gasteiger charge is -2.15. The van der Waals surface area contributed by atoms with Gasteiger partial charge in [0, 0.05) is 11.6 Å². The molecule has 0 aliphatic heterocycles. The van der Waals surface area contributed by atoms with Crippen molar-refractivity contribution in [2.45, 2.75) is 18.7 Å². The molecule has 0 atom stereocenters. The molecule has 1 heterocycles. The summed E-state index contributed by atoms with van der Waals surface area (Å²) in [6, 6.07) is 13.1. The van der Waals surface area contributed by atoms with Gasteiger partial charge in [0.15, 0.2) is 0 Å². The zero-order valence-electron chi connectivity index (χ0n) is 15.1. The molecular weight excluding hydrogens is 366 g/mol. The van der Waals surface area contributed by atoms with Crippen molar-refractivity contribution >= 4 is 15.7 Å². The highest BCUT2D eigenvalue weighted by molar-refractivity contribution is 7.92. The zero-order valence-corrected chi connectivity index (χ0v) is 15.9. The molecule has 1 aromatic heterocycles. The predicted molar refractivity (Wildman–Crippen MR) is 104 cm³/mol. The van der Waals surface area contributed by atoms with E-state index in [2.05, 4.69) is 14.9 Å². The lowest BCUT2D eigenvalue weighted by molar-refractivity contribution is 0.417. The third-order valence-corrected chi connectivity index (χ3v) is 5.73. The lowest BCUT2D eigenvalue weighted by Crippen LogP contribution is -2.15. The third-order valence-electron chi connectivity index (χ3n) is 4.24. The van der Waals surface area contributed by atoms with E-state index in [9.17, 15) is 13.2 Å². The van der Waals surface area contributed by atoms with Gasteiger partial charge in [0.2, 0.25) is 0 Å². The number of aryl methyl sites for hydroxylation is 1. The normalized spacial score (nSPS) is 11.2. The molecule has 0 saturated carbocycles. The Hall–Kier alpha value is -3.13. The van der Waals surface area contributed by atoms with Crippen molar-refractivity contribution in [3.05, 3.63) is 70.0 Å². The second-order valence-electron chi connectivity index (χ2n) is 6.03. The van der Waals surface area contributed by atoms with Crippen molar-refractivity contribution in [2.75, 3.05) is 11.8 Å². The Bertz CT molecular complexity index is 1130. The highest BCUT2D eigenvalue weighted by Crippen LogP contribution is 2.30. The van der Waals surface area contributed by atoms with Crippen LogP contribution < -0.4 is 15.0 Å². The fraction of sp³-hybridized carbons (Fsp3) is 0.158. The van der Waals surface area contributed by atoms with E-state index < -0.39 is 10.0 Å². The quantitative estimate of drug-likeness (QED) is 0.703. The molecule has 8 heteroatoms. The number of methoxy groups -OCH3 is 1. The molecule has 0 radical (unpaired) electrons. The topological polar surface area (TPSA) is 101 Å². The first kappa shape index (κ1) is 18.7. The minimum Gasteiger partial charge on any atom is -0.495 e. The molecule has 0 saturated heterocycles. The number of hydrogen-bond acceptors (Lipinski definition) is 5. The average molecular weight is 385 g/mol. The fourth-order valence-corrected chi connectivity index (χ4v) is 4.10. The number of para-hydroxylation sites is 2. The van der Waals surface area contributed by atoms with E-state index in [4.69, 9.17) is 4.74 Å². The molecule has 7 nitrogen and oxygen atoms in total. The van der Waals surface area contributed by atoms with E-state index in [1.807, 2.05) is 13.0 Å². The second-order valence-corrected chi connectivity index (χ2v) is 7.68. The predicted octanol–water partition coefficient (Wildman–Crippen LogP) is 2.86. The van der Waals surface area contributed by atoms with Crippen molar-refractivity contribution in [1.29, 1.82) is 0 Å². The number of rotatable bonds is 5. The number of ether oxygens (including phenoxy) is 1. The molecule has 27 heavy (non-hydrogen) atoms. The maximum Gasteiger partial charge on any atom is 0.264 e. The molecule has 0 aliphatic carbocycles. The van der Waals surface area contributed by atoms with Gasteiger partial charge in [-0.3, -0.25) is 9.52 Å². The number of H-pyrrole nitrogens is 1. The Kier molecular flexibility index (Phi) is 5.00. The van der Waals surface area contributed by atoms with E-state index in [1.54, 1.807) is 43.3 Å². The summed E-state index contributed by atoms with van der Waals surface area (Å²) in [6.45, 7) is 3.57. The Morgan fingerprint density at radius 2 is 1.81 bits per heavy atom. The van der Waals surface area contributed by atoms with E-state index >= 15 is 0 Å². The van der Waals surface area contributed by atoms with E-state index in [-0.39, 0.29) is 10.5 Å². The number of sulfonamides is 1. The SMILES string of the molecule is COc1ccccc1NS(=O)(=O)c1cc(-c2ccc(=O)[nH]n2)cc(C)c1C. The van der Waals surface area contributed by atoms with Crippen molar-refractivity contribution in [3.63, 3.8) is 0 Å². The number of hydrogen-bond donors (Lipinski definition) is 2. The summed E-state index contributed by atoms with van der Waals surface area (Å²) in [4.78, 5) is 11.4. The number of aromatic amines is 1. The summed E-state index contributed by atoms with van der Waals surface area (Å²) in [5.41, 5.74) is 2.52. The minimum absolute atomic E-state index is 0.136. The Morgan fingerprint density at radius 3 is 2.48 bits per heavy atom. The van der Waals surface area contributed by atoms with E-state index in [0.717, 1.165) is 5.56 Å². The minimum atomic E-state index is -3.87. The maximum atomic E-state index is 13.0. The number of aromatic nitrogens is 2. The van der Waals surface area contributed by atoms with Crippen LogP contribution in [0.4, 0.5) is 5.69 Å². The number of nitrogens with zero attached hydrogens (tertiary/aromatic N) is 1. The first-order chi connectivity index (χ1) is 12.8. The maximum absolute atomic E-state index is 13.0. The fourth-order valence-electron chi connectivity index (χ4n) is 2.69. The van der Waals surface area contributed by atoms with Gasteiger partial charge in [-0.25, -0.2) is 13.5 Å². The van der Waals surface area contributed by atoms with Crippen molar-refractivity contribution < 1.29 is 13.2 Å². The van der Waals surface area contributed by atoms with Gasteiger partial charge in [-0.1, -0.05) is 12.1 Å². The molecule has 2 aromatic carbocycles. The molecule has 2 N–H and O–H groups in total. The van der Waals surface area contributed by atoms with Gasteiger partial charge >= 0.3 is 0 Å². The van der Waals surface area contributed by atoms with Crippen molar-refractivity contribution in [3.8, 4) is 17.0 Å². The van der Waals surface area contributed by atoms with Crippen molar-refractivity contribution in [1.82, 2.24) is 10.2 Å². The summed E-state index contributed by atoms with van der Waals surface area (Å²) in [6.07, 6.45) is 0. The van der Waals surface area contributed by atoms with Gasteiger partial charge in [0.25, 0.3) is 15.6 Å². The first-order valence-corrected chi connectivity index (χ1v) is 9.63. The number of anilines is 1. The van der Waals surface area contributed by atoms with Crippen LogP contribution in [-0.4, -0.2) is 25.7 Å². The van der Waals surface area contributed by atoms with Crippen LogP contribution in [0.2, 0.25) is 0 Å². The molecule has 140 valence electrons. The van der Waals surface area contributed by atoms with E-state index in [0.29, 0.717) is 28.3 Å². The van der Waals surface area contributed by atoms with E-state index in [1.165, 1.54) is 13.2 Å². The van der Waals surface area contributed by atoms with Gasteiger partial charge in [0.1, 0.15) is 5.75 Å². The average Bonchev–Trinajstić information content (AvgIpc) is 2.64. The second kappa shape index (κ2) is 7.24. The Labute approximate surface area is 157 Å². The first-order valence-electron chi connectivity index (χ1n) is 8.15. The highest BCUT2D eigenvalue weighted by atomic mass is 32.2. The monoisotopic (exact) mass is 385 g/mol. The van der Waals surface area contributed by atoms with Crippen LogP contribution in [0.25, 0.3) is 11.3 Å². The molecule has 0 bridgehead atoms. The molecule has 0 aliphatic rings. The van der Waals surface area contributed by atoms with Gasteiger partial charge in [-0.05, 0) is 55.3 Å². The zero-order chi connectivity index (χ0) is 19.6. The molecule has 0 spiro atoms. The van der Waals surface area contributed by atoms with Gasteiger partial charge in [0.05, 0.1) is 23.4 Å². The van der Waals surface area contributed by atoms with Crippen LogP contribution in [0.3, 0.4) is 0 Å². The Morgan fingerprint density at radius 1 is 1.07 bits per heavy atom. The molecule has 0 unspecified atom stereocenters. The molecular formula is C19H19N3O4S. The van der Waals surface area contributed by atoms with Crippen LogP contribution >= 0.6 is 0 Å². The third kappa shape index (κ3) is 3.85. The summed E-state index contributed by atoms with van der Waals surface area (Å²) >= 11 is 0. The number of benzene rings is 2. The van der Waals surface area contributed by atoms with Crippen LogP contribution in [0.5, 0.6) is 5.75 Å². The largest absolute Gasteiger partial charge is 0.495 e. The van der Waals surface area contributed by atoms with Crippen LogP contribution in [0.15, 0.2) is 58.2 Å². The van der Waals surface area contributed by atoms with Crippen LogP contribution in [0.1, 0.15) is 11.1 Å². The molecule has 3 rings (SSSR count). The van der Waals surface area contributed by atoms with Gasteiger partial charge in [-0.2, -0.15) is 5.10 Å². The highest BCUT2D eigenvalue weighted by Gasteiger charge is 2.21. The summed E-state index contributed by atoms with van der Waals surface area (Å²) < 4.78 is 33.9. The number of nitrogens with one attached hydrogen (secondary N) is 2. The van der Waals surface area contributed by atoms with Crippen molar-refractivity contribution in [2.24, 2.45) is 0 Å². The molecule has 0 fully saturated rings. The van der Waals surface area contributed by atoms with Crippen LogP contribution in [-0.2, 0) is 10.0 Å². The molecule has 0 amide bonds. The summed E-state index contributed by atoms with van der Waals surface area (Å²) in [7, 11) is -2.39. The lowest BCUT2D eigenvalue weighted by atomic mass is 10.0. The van der Waals surface area contributed by atoms with Gasteiger partial charge < -0.3 is 4.74 Å². The standard InChI is InChI=1S/C19H19N3O4S/c1-12-10-14(15-8-9-19(23)21-20-15)11-18(13(12)2)27(24,25)22-16-6-4-5-7-17(16)26-3/h4-11,22H,1-3H3,(H,21,23). The van der Waals surface area contributed by atoms with Gasteiger partial charge in [-0.15, -0.1) is 0 Å². The Balaban J connectivity index is 2.09. The summed E-state index contributed by atoms with van der Waals surface area (Å²) in [5, 5.41) is 6.34.